The number of pyridine rings is 2. The molecule has 2 rings (SSSR count). The Morgan fingerprint density at radius 2 is 1.65 bits per heavy atom. The number of rotatable bonds is 9. The molecule has 0 radical (unpaired) electrons. The topological polar surface area (TPSA) is 133 Å². The summed E-state index contributed by atoms with van der Waals surface area (Å²) in [4.78, 5) is 21.2. The van der Waals surface area contributed by atoms with E-state index in [-0.39, 0.29) is 31.2 Å². The van der Waals surface area contributed by atoms with Crippen LogP contribution in [0, 0.1) is 5.92 Å². The van der Waals surface area contributed by atoms with Gasteiger partial charge in [-0.1, -0.05) is 13.8 Å². The summed E-state index contributed by atoms with van der Waals surface area (Å²) in [6, 6.07) is 6.97. The Morgan fingerprint density at radius 1 is 1.03 bits per heavy atom. The van der Waals surface area contributed by atoms with E-state index in [0.717, 1.165) is 0 Å². The molecule has 0 spiro atoms. The predicted molar refractivity (Wildman–Crippen MR) is 108 cm³/mol. The monoisotopic (exact) mass is 448 g/mol. The fraction of sp³-hybridized carbons (Fsp3) is 0.350. The third-order valence-corrected chi connectivity index (χ3v) is 3.97. The smallest absolute Gasteiger partial charge is 0.309 e. The van der Waals surface area contributed by atoms with E-state index < -0.39 is 11.9 Å². The average Bonchev–Trinajstić information content (AvgIpc) is 2.72. The molecule has 10 nitrogen and oxygen atoms in total. The molecule has 2 heterocycles. The summed E-state index contributed by atoms with van der Waals surface area (Å²) in [5.74, 6) is -1.23. The van der Waals surface area contributed by atoms with Crippen molar-refractivity contribution >= 4 is 23.5 Å². The minimum Gasteiger partial charge on any atom is -1.00 e. The van der Waals surface area contributed by atoms with Crippen molar-refractivity contribution in [1.82, 2.24) is 4.57 Å². The van der Waals surface area contributed by atoms with E-state index in [9.17, 15) is 9.59 Å². The van der Waals surface area contributed by atoms with Crippen molar-refractivity contribution in [2.75, 3.05) is 0 Å². The number of aliphatic carboxylic acids is 2. The highest BCUT2D eigenvalue weighted by molar-refractivity contribution is 5.84. The van der Waals surface area contributed by atoms with E-state index in [0.29, 0.717) is 30.0 Å². The van der Waals surface area contributed by atoms with Gasteiger partial charge in [0, 0.05) is 37.0 Å². The van der Waals surface area contributed by atoms with Gasteiger partial charge in [0.15, 0.2) is 24.8 Å². The maximum atomic E-state index is 10.6. The molecule has 0 atom stereocenters. The van der Waals surface area contributed by atoms with Gasteiger partial charge in [-0.3, -0.25) is 9.59 Å². The molecule has 0 unspecified atom stereocenters. The van der Waals surface area contributed by atoms with Crippen LogP contribution in [-0.4, -0.2) is 32.6 Å². The molecule has 31 heavy (non-hydrogen) atoms. The number of azo groups is 1. The number of carbonyl (C=O) groups is 2. The fourth-order valence-corrected chi connectivity index (χ4v) is 2.25. The summed E-state index contributed by atoms with van der Waals surface area (Å²) in [5, 5.41) is 34.8. The highest BCUT2D eigenvalue weighted by Gasteiger charge is 2.06. The Balaban J connectivity index is 0.00000480. The minimum atomic E-state index is -0.846. The second-order valence-electron chi connectivity index (χ2n) is 6.79. The predicted octanol–water partition coefficient (Wildman–Crippen LogP) is -0.617. The first-order chi connectivity index (χ1) is 14.3. The number of carboxylic acids is 2. The second-order valence-corrected chi connectivity index (χ2v) is 6.79. The third-order valence-electron chi connectivity index (χ3n) is 3.97. The van der Waals surface area contributed by atoms with E-state index in [1.165, 1.54) is 0 Å². The zero-order valence-corrected chi connectivity index (χ0v) is 18.1. The molecular weight excluding hydrogens is 424 g/mol. The molecule has 0 saturated heterocycles. The van der Waals surface area contributed by atoms with Crippen LogP contribution in [0.4, 0.5) is 5.69 Å². The molecule has 0 fully saturated rings. The van der Waals surface area contributed by atoms with Gasteiger partial charge in [-0.25, -0.2) is 4.57 Å². The molecule has 0 aliphatic rings. The van der Waals surface area contributed by atoms with Gasteiger partial charge in [-0.05, 0) is 12.1 Å². The van der Waals surface area contributed by atoms with E-state index in [4.69, 9.17) is 10.2 Å². The molecule has 0 aromatic carbocycles. The molecule has 2 N–H and O–H groups in total. The number of amidine groups is 1. The highest BCUT2D eigenvalue weighted by atomic mass is 35.5. The normalized spacial score (nSPS) is 11.4. The lowest BCUT2D eigenvalue weighted by Gasteiger charge is -2.03. The Hall–Kier alpha value is -3.40. The molecular formula is C20H25ClN6O4. The largest absolute Gasteiger partial charge is 1.00 e. The van der Waals surface area contributed by atoms with Crippen molar-refractivity contribution < 1.29 is 36.8 Å². The Kier molecular flexibility index (Phi) is 10.8. The number of carboxylic acid groups (broad SMARTS) is 2. The highest BCUT2D eigenvalue weighted by Crippen LogP contribution is 2.10. The Labute approximate surface area is 185 Å². The molecule has 0 aliphatic heterocycles. The van der Waals surface area contributed by atoms with Gasteiger partial charge in [0.05, 0.1) is 17.5 Å². The molecule has 0 bridgehead atoms. The van der Waals surface area contributed by atoms with Crippen LogP contribution in [0.5, 0.6) is 0 Å². The van der Waals surface area contributed by atoms with Gasteiger partial charge in [0.2, 0.25) is 0 Å². The zero-order chi connectivity index (χ0) is 21.9. The SMILES string of the molecule is CC(C)C(N=Nc1cc[n+](CCC(=O)O)cc1)=NN=c1ccn(CCC(=O)O)cc1.[Cl-]. The van der Waals surface area contributed by atoms with Crippen LogP contribution < -0.4 is 22.3 Å². The lowest BCUT2D eigenvalue weighted by atomic mass is 10.2. The number of aromatic nitrogens is 2. The molecule has 2 aromatic rings. The van der Waals surface area contributed by atoms with Crippen LogP contribution in [0.2, 0.25) is 0 Å². The van der Waals surface area contributed by atoms with Crippen molar-refractivity contribution in [2.24, 2.45) is 26.3 Å². The Morgan fingerprint density at radius 3 is 2.19 bits per heavy atom. The molecule has 0 saturated carbocycles. The number of halogens is 1. The van der Waals surface area contributed by atoms with Crippen molar-refractivity contribution in [3.8, 4) is 0 Å². The van der Waals surface area contributed by atoms with Crippen LogP contribution in [0.15, 0.2) is 69.5 Å². The van der Waals surface area contributed by atoms with E-state index in [2.05, 4.69) is 20.4 Å². The van der Waals surface area contributed by atoms with Gasteiger partial charge in [0.25, 0.3) is 0 Å². The van der Waals surface area contributed by atoms with Crippen molar-refractivity contribution in [3.63, 3.8) is 0 Å². The molecule has 0 aliphatic carbocycles. The van der Waals surface area contributed by atoms with Gasteiger partial charge in [-0.15, -0.1) is 20.4 Å². The fourth-order valence-electron chi connectivity index (χ4n) is 2.25. The first-order valence-corrected chi connectivity index (χ1v) is 9.45. The van der Waals surface area contributed by atoms with E-state index in [1.807, 2.05) is 13.8 Å². The molecule has 0 amide bonds. The van der Waals surface area contributed by atoms with Gasteiger partial charge >= 0.3 is 11.9 Å². The first-order valence-electron chi connectivity index (χ1n) is 9.45. The minimum absolute atomic E-state index is 0. The van der Waals surface area contributed by atoms with Crippen molar-refractivity contribution in [1.29, 1.82) is 0 Å². The first kappa shape index (κ1) is 25.6. The summed E-state index contributed by atoms with van der Waals surface area (Å²) in [5.41, 5.74) is 0.620. The number of hydrogen-bond acceptors (Lipinski definition) is 5. The Bertz CT molecular complexity index is 979. The maximum absolute atomic E-state index is 10.6. The van der Waals surface area contributed by atoms with Crippen LogP contribution in [-0.2, 0) is 22.7 Å². The standard InChI is InChI=1S/C20H24N6O4.ClH/c1-15(2)20(23-21-16-3-9-25(10-4-16)13-7-18(27)28)24-22-17-5-11-26(12-6-17)14-8-19(29)30;/h3-6,9-12,15H,7-8,13-14H2,1-2H3,(H-,27,28,29,30);1H. The van der Waals surface area contributed by atoms with Gasteiger partial charge < -0.3 is 27.2 Å². The number of hydrogen-bond donors (Lipinski definition) is 2. The van der Waals surface area contributed by atoms with Crippen LogP contribution >= 0.6 is 0 Å². The quantitative estimate of drug-likeness (QED) is 0.174. The summed E-state index contributed by atoms with van der Waals surface area (Å²) in [6.07, 6.45) is 7.09. The number of nitrogens with zero attached hydrogens (tertiary/aromatic N) is 6. The van der Waals surface area contributed by atoms with Crippen LogP contribution in [0.25, 0.3) is 0 Å². The third kappa shape index (κ3) is 9.77. The summed E-state index contributed by atoms with van der Waals surface area (Å²) in [7, 11) is 0. The van der Waals surface area contributed by atoms with E-state index >= 15 is 0 Å². The van der Waals surface area contributed by atoms with Gasteiger partial charge in [0.1, 0.15) is 6.42 Å². The summed E-state index contributed by atoms with van der Waals surface area (Å²) >= 11 is 0. The molecule has 2 aromatic heterocycles. The van der Waals surface area contributed by atoms with Crippen molar-refractivity contribution in [2.45, 2.75) is 39.8 Å². The zero-order valence-electron chi connectivity index (χ0n) is 17.3. The lowest BCUT2D eigenvalue weighted by Crippen LogP contribution is -3.00. The van der Waals surface area contributed by atoms with Crippen LogP contribution in [0.3, 0.4) is 0 Å². The van der Waals surface area contributed by atoms with E-state index in [1.54, 1.807) is 58.2 Å². The average molecular weight is 449 g/mol. The summed E-state index contributed by atoms with van der Waals surface area (Å²) < 4.78 is 3.52. The summed E-state index contributed by atoms with van der Waals surface area (Å²) in [6.45, 7) is 4.64. The van der Waals surface area contributed by atoms with Gasteiger partial charge in [-0.2, -0.15) is 0 Å². The molecule has 166 valence electrons. The second kappa shape index (κ2) is 13.0. The van der Waals surface area contributed by atoms with Crippen molar-refractivity contribution in [3.05, 3.63) is 54.4 Å². The lowest BCUT2D eigenvalue weighted by molar-refractivity contribution is -0.695. The maximum Gasteiger partial charge on any atom is 0.309 e. The number of aryl methyl sites for hydroxylation is 2. The van der Waals surface area contributed by atoms with Crippen LogP contribution in [0.1, 0.15) is 26.7 Å². The molecule has 11 heteroatoms.